The molecule has 0 saturated carbocycles. The number of pyridine rings is 1. The van der Waals surface area contributed by atoms with Gasteiger partial charge in [0.25, 0.3) is 0 Å². The van der Waals surface area contributed by atoms with Gasteiger partial charge in [-0.3, -0.25) is 4.79 Å². The third-order valence-corrected chi connectivity index (χ3v) is 2.54. The number of ketones is 1. The lowest BCUT2D eigenvalue weighted by molar-refractivity contribution is 0.0991. The van der Waals surface area contributed by atoms with Crippen LogP contribution in [0.5, 0.6) is 0 Å². The Morgan fingerprint density at radius 2 is 2.19 bits per heavy atom. The number of aromatic nitrogens is 1. The first kappa shape index (κ1) is 10.6. The SMILES string of the molecule is C=CCC(=O)c1cc(C)c2ccccc2n1. The molecule has 1 aromatic heterocycles. The lowest BCUT2D eigenvalue weighted by atomic mass is 10.1. The Bertz CT molecular complexity index is 558. The second-order valence-corrected chi connectivity index (χ2v) is 3.76. The van der Waals surface area contributed by atoms with Crippen LogP contribution in [-0.2, 0) is 0 Å². The topological polar surface area (TPSA) is 30.0 Å². The van der Waals surface area contributed by atoms with Crippen molar-refractivity contribution in [3.05, 3.63) is 54.2 Å². The summed E-state index contributed by atoms with van der Waals surface area (Å²) < 4.78 is 0. The predicted octanol–water partition coefficient (Wildman–Crippen LogP) is 3.30. The van der Waals surface area contributed by atoms with Gasteiger partial charge >= 0.3 is 0 Å². The van der Waals surface area contributed by atoms with Gasteiger partial charge in [0.05, 0.1) is 5.52 Å². The fourth-order valence-electron chi connectivity index (χ4n) is 1.73. The van der Waals surface area contributed by atoms with Gasteiger partial charge < -0.3 is 0 Å². The molecule has 0 radical (unpaired) electrons. The summed E-state index contributed by atoms with van der Waals surface area (Å²) >= 11 is 0. The second-order valence-electron chi connectivity index (χ2n) is 3.76. The summed E-state index contributed by atoms with van der Waals surface area (Å²) in [7, 11) is 0. The van der Waals surface area contributed by atoms with E-state index in [1.807, 2.05) is 37.3 Å². The number of para-hydroxylation sites is 1. The molecule has 2 heteroatoms. The molecule has 0 spiro atoms. The molecule has 16 heavy (non-hydrogen) atoms. The summed E-state index contributed by atoms with van der Waals surface area (Å²) in [6.45, 7) is 5.56. The molecule has 1 aromatic carbocycles. The van der Waals surface area contributed by atoms with E-state index in [0.29, 0.717) is 12.1 Å². The van der Waals surface area contributed by atoms with Crippen LogP contribution in [0, 0.1) is 6.92 Å². The van der Waals surface area contributed by atoms with Gasteiger partial charge in [-0.15, -0.1) is 6.58 Å². The lowest BCUT2D eigenvalue weighted by Crippen LogP contribution is -2.01. The van der Waals surface area contributed by atoms with Crippen LogP contribution in [0.3, 0.4) is 0 Å². The summed E-state index contributed by atoms with van der Waals surface area (Å²) in [5, 5.41) is 1.10. The third kappa shape index (κ3) is 1.87. The van der Waals surface area contributed by atoms with Crippen LogP contribution in [0.4, 0.5) is 0 Å². The average Bonchev–Trinajstić information content (AvgIpc) is 2.29. The minimum absolute atomic E-state index is 0.0175. The van der Waals surface area contributed by atoms with Crippen LogP contribution in [0.1, 0.15) is 22.5 Å². The molecule has 0 bridgehead atoms. The first-order valence-corrected chi connectivity index (χ1v) is 5.23. The predicted molar refractivity (Wildman–Crippen MR) is 65.6 cm³/mol. The van der Waals surface area contributed by atoms with Crippen LogP contribution < -0.4 is 0 Å². The highest BCUT2D eigenvalue weighted by Gasteiger charge is 2.08. The maximum Gasteiger partial charge on any atom is 0.184 e. The highest BCUT2D eigenvalue weighted by atomic mass is 16.1. The van der Waals surface area contributed by atoms with E-state index in [-0.39, 0.29) is 5.78 Å². The number of aryl methyl sites for hydroxylation is 1. The van der Waals surface area contributed by atoms with E-state index >= 15 is 0 Å². The molecule has 80 valence electrons. The van der Waals surface area contributed by atoms with Crippen molar-refractivity contribution in [2.75, 3.05) is 0 Å². The minimum Gasteiger partial charge on any atom is -0.292 e. The summed E-state index contributed by atoms with van der Waals surface area (Å²) in [6, 6.07) is 9.68. The smallest absolute Gasteiger partial charge is 0.184 e. The summed E-state index contributed by atoms with van der Waals surface area (Å²) in [4.78, 5) is 16.1. The lowest BCUT2D eigenvalue weighted by Gasteiger charge is -2.04. The minimum atomic E-state index is 0.0175. The number of allylic oxidation sites excluding steroid dienone is 1. The summed E-state index contributed by atoms with van der Waals surface area (Å²) in [5.74, 6) is 0.0175. The molecule has 2 rings (SSSR count). The number of rotatable bonds is 3. The Morgan fingerprint density at radius 1 is 1.44 bits per heavy atom. The Labute approximate surface area is 94.6 Å². The zero-order valence-electron chi connectivity index (χ0n) is 9.23. The monoisotopic (exact) mass is 211 g/mol. The van der Waals surface area contributed by atoms with Gasteiger partial charge in [0.15, 0.2) is 5.78 Å². The standard InChI is InChI=1S/C14H13NO/c1-3-6-14(16)13-9-10(2)11-7-4-5-8-12(11)15-13/h3-5,7-9H,1,6H2,2H3. The van der Waals surface area contributed by atoms with E-state index in [4.69, 9.17) is 0 Å². The van der Waals surface area contributed by atoms with E-state index in [1.165, 1.54) is 0 Å². The van der Waals surface area contributed by atoms with Crippen molar-refractivity contribution in [3.8, 4) is 0 Å². The normalized spacial score (nSPS) is 10.3. The first-order valence-electron chi connectivity index (χ1n) is 5.23. The Kier molecular flexibility index (Phi) is 2.82. The quantitative estimate of drug-likeness (QED) is 0.576. The fourth-order valence-corrected chi connectivity index (χ4v) is 1.73. The number of Topliss-reactive ketones (excluding diaryl/α,β-unsaturated/α-hetero) is 1. The van der Waals surface area contributed by atoms with Crippen molar-refractivity contribution in [2.45, 2.75) is 13.3 Å². The molecule has 0 amide bonds. The van der Waals surface area contributed by atoms with Crippen LogP contribution >= 0.6 is 0 Å². The van der Waals surface area contributed by atoms with Crippen LogP contribution in [-0.4, -0.2) is 10.8 Å². The van der Waals surface area contributed by atoms with Crippen molar-refractivity contribution >= 4 is 16.7 Å². The summed E-state index contributed by atoms with van der Waals surface area (Å²) in [5.41, 5.74) is 2.48. The van der Waals surface area contributed by atoms with Crippen molar-refractivity contribution in [1.82, 2.24) is 4.98 Å². The second kappa shape index (κ2) is 4.27. The van der Waals surface area contributed by atoms with Crippen LogP contribution in [0.2, 0.25) is 0 Å². The van der Waals surface area contributed by atoms with Crippen molar-refractivity contribution in [1.29, 1.82) is 0 Å². The highest BCUT2D eigenvalue weighted by molar-refractivity contribution is 5.98. The van der Waals surface area contributed by atoms with Crippen molar-refractivity contribution in [3.63, 3.8) is 0 Å². The number of fused-ring (bicyclic) bond motifs is 1. The van der Waals surface area contributed by atoms with Gasteiger partial charge in [0, 0.05) is 11.8 Å². The van der Waals surface area contributed by atoms with E-state index in [0.717, 1.165) is 16.5 Å². The Balaban J connectivity index is 2.57. The molecule has 0 atom stereocenters. The van der Waals surface area contributed by atoms with E-state index in [1.54, 1.807) is 6.08 Å². The highest BCUT2D eigenvalue weighted by Crippen LogP contribution is 2.17. The number of carbonyl (C=O) groups excluding carboxylic acids is 1. The molecular weight excluding hydrogens is 198 g/mol. The van der Waals surface area contributed by atoms with Gasteiger partial charge in [0.1, 0.15) is 5.69 Å². The molecule has 0 aliphatic carbocycles. The van der Waals surface area contributed by atoms with E-state index < -0.39 is 0 Å². The van der Waals surface area contributed by atoms with Gasteiger partial charge in [-0.2, -0.15) is 0 Å². The van der Waals surface area contributed by atoms with Gasteiger partial charge in [-0.05, 0) is 24.6 Å². The number of nitrogens with zero attached hydrogens (tertiary/aromatic N) is 1. The van der Waals surface area contributed by atoms with Gasteiger partial charge in [-0.25, -0.2) is 4.98 Å². The van der Waals surface area contributed by atoms with E-state index in [9.17, 15) is 4.79 Å². The van der Waals surface area contributed by atoms with Gasteiger partial charge in [-0.1, -0.05) is 24.3 Å². The molecule has 2 aromatic rings. The largest absolute Gasteiger partial charge is 0.292 e. The molecular formula is C14H13NO. The number of hydrogen-bond donors (Lipinski definition) is 0. The van der Waals surface area contributed by atoms with E-state index in [2.05, 4.69) is 11.6 Å². The molecule has 0 N–H and O–H groups in total. The van der Waals surface area contributed by atoms with Crippen molar-refractivity contribution < 1.29 is 4.79 Å². The number of benzene rings is 1. The van der Waals surface area contributed by atoms with Crippen LogP contribution in [0.15, 0.2) is 43.0 Å². The molecule has 1 heterocycles. The zero-order valence-corrected chi connectivity index (χ0v) is 9.23. The Hall–Kier alpha value is -1.96. The van der Waals surface area contributed by atoms with Gasteiger partial charge in [0.2, 0.25) is 0 Å². The zero-order chi connectivity index (χ0) is 11.5. The maximum absolute atomic E-state index is 11.7. The fraction of sp³-hybridized carbons (Fsp3) is 0.143. The molecule has 0 fully saturated rings. The maximum atomic E-state index is 11.7. The number of carbonyl (C=O) groups is 1. The average molecular weight is 211 g/mol. The third-order valence-electron chi connectivity index (χ3n) is 2.54. The first-order chi connectivity index (χ1) is 7.72. The molecule has 0 unspecified atom stereocenters. The molecule has 0 aliphatic heterocycles. The number of hydrogen-bond acceptors (Lipinski definition) is 2. The molecule has 0 saturated heterocycles. The summed E-state index contributed by atoms with van der Waals surface area (Å²) in [6.07, 6.45) is 1.94. The van der Waals surface area contributed by atoms with Crippen molar-refractivity contribution in [2.24, 2.45) is 0 Å². The molecule has 0 aliphatic rings. The Morgan fingerprint density at radius 3 is 2.94 bits per heavy atom. The molecule has 2 nitrogen and oxygen atoms in total. The van der Waals surface area contributed by atoms with Crippen LogP contribution in [0.25, 0.3) is 10.9 Å².